The van der Waals surface area contributed by atoms with Gasteiger partial charge in [-0.2, -0.15) is 0 Å². The SMILES string of the molecule is COC(=O)[C@H]1CCC[C@@H]1S(=O)(=O)N(C)CCOc1ccc(C)cc1. The molecular formula is C17H25NO5S. The molecule has 0 unspecified atom stereocenters. The molecule has 0 bridgehead atoms. The summed E-state index contributed by atoms with van der Waals surface area (Å²) in [4.78, 5) is 11.8. The van der Waals surface area contributed by atoms with Gasteiger partial charge in [0.2, 0.25) is 10.0 Å². The zero-order chi connectivity index (χ0) is 17.7. The van der Waals surface area contributed by atoms with Gasteiger partial charge in [-0.1, -0.05) is 24.1 Å². The Kier molecular flexibility index (Phi) is 6.23. The highest BCUT2D eigenvalue weighted by Crippen LogP contribution is 2.33. The van der Waals surface area contributed by atoms with E-state index in [0.717, 1.165) is 12.0 Å². The van der Waals surface area contributed by atoms with Gasteiger partial charge in [-0.15, -0.1) is 0 Å². The number of aryl methyl sites for hydroxylation is 1. The molecular weight excluding hydrogens is 330 g/mol. The van der Waals surface area contributed by atoms with Gasteiger partial charge >= 0.3 is 5.97 Å². The molecule has 7 heteroatoms. The summed E-state index contributed by atoms with van der Waals surface area (Å²) in [7, 11) is -0.728. The van der Waals surface area contributed by atoms with Crippen LogP contribution in [0.2, 0.25) is 0 Å². The van der Waals surface area contributed by atoms with E-state index in [1.807, 2.05) is 31.2 Å². The molecule has 2 rings (SSSR count). The molecule has 0 N–H and O–H groups in total. The molecule has 0 aromatic heterocycles. The van der Waals surface area contributed by atoms with Gasteiger partial charge in [-0.25, -0.2) is 12.7 Å². The van der Waals surface area contributed by atoms with E-state index in [0.29, 0.717) is 18.6 Å². The van der Waals surface area contributed by atoms with Crippen molar-refractivity contribution in [3.8, 4) is 5.75 Å². The van der Waals surface area contributed by atoms with Crippen LogP contribution >= 0.6 is 0 Å². The van der Waals surface area contributed by atoms with Crippen LogP contribution in [0.15, 0.2) is 24.3 Å². The van der Waals surface area contributed by atoms with Gasteiger partial charge in [0.05, 0.1) is 18.3 Å². The fraction of sp³-hybridized carbons (Fsp3) is 0.588. The number of esters is 1. The van der Waals surface area contributed by atoms with E-state index in [-0.39, 0.29) is 13.2 Å². The molecule has 0 amide bonds. The van der Waals surface area contributed by atoms with E-state index in [4.69, 9.17) is 9.47 Å². The first-order valence-corrected chi connectivity index (χ1v) is 9.59. The van der Waals surface area contributed by atoms with Gasteiger partial charge in [-0.3, -0.25) is 4.79 Å². The maximum absolute atomic E-state index is 12.7. The topological polar surface area (TPSA) is 72.9 Å². The summed E-state index contributed by atoms with van der Waals surface area (Å²) in [6.45, 7) is 2.48. The van der Waals surface area contributed by atoms with Crippen LogP contribution in [0.25, 0.3) is 0 Å². The minimum Gasteiger partial charge on any atom is -0.492 e. The molecule has 6 nitrogen and oxygen atoms in total. The third kappa shape index (κ3) is 4.27. The second kappa shape index (κ2) is 7.98. The van der Waals surface area contributed by atoms with E-state index in [2.05, 4.69) is 0 Å². The van der Waals surface area contributed by atoms with Crippen LogP contribution in [0.3, 0.4) is 0 Å². The molecule has 24 heavy (non-hydrogen) atoms. The number of hydrogen-bond acceptors (Lipinski definition) is 5. The largest absolute Gasteiger partial charge is 0.492 e. The van der Waals surface area contributed by atoms with Crippen LogP contribution in [0, 0.1) is 12.8 Å². The third-order valence-corrected chi connectivity index (χ3v) is 6.85. The summed E-state index contributed by atoms with van der Waals surface area (Å²) in [5.74, 6) is -0.300. The highest BCUT2D eigenvalue weighted by molar-refractivity contribution is 7.89. The number of nitrogens with zero attached hydrogens (tertiary/aromatic N) is 1. The number of ether oxygens (including phenoxy) is 2. The lowest BCUT2D eigenvalue weighted by Gasteiger charge is -2.24. The average Bonchev–Trinajstić information content (AvgIpc) is 3.06. The van der Waals surface area contributed by atoms with Crippen molar-refractivity contribution < 1.29 is 22.7 Å². The summed E-state index contributed by atoms with van der Waals surface area (Å²) in [6, 6.07) is 7.59. The molecule has 1 saturated carbocycles. The van der Waals surface area contributed by atoms with Crippen molar-refractivity contribution in [2.45, 2.75) is 31.4 Å². The maximum Gasteiger partial charge on any atom is 0.310 e. The molecule has 1 aliphatic carbocycles. The fourth-order valence-electron chi connectivity index (χ4n) is 2.99. The van der Waals surface area contributed by atoms with Gasteiger partial charge in [0.15, 0.2) is 0 Å². The Morgan fingerprint density at radius 3 is 2.54 bits per heavy atom. The minimum absolute atomic E-state index is 0.237. The summed E-state index contributed by atoms with van der Waals surface area (Å²) < 4.78 is 37.0. The van der Waals surface area contributed by atoms with Crippen molar-refractivity contribution in [3.63, 3.8) is 0 Å². The number of methoxy groups -OCH3 is 1. The van der Waals surface area contributed by atoms with Crippen LogP contribution in [0.4, 0.5) is 0 Å². The lowest BCUT2D eigenvalue weighted by atomic mass is 10.1. The van der Waals surface area contributed by atoms with E-state index in [1.165, 1.54) is 18.5 Å². The third-order valence-electron chi connectivity index (χ3n) is 4.47. The molecule has 1 aliphatic rings. The Morgan fingerprint density at radius 1 is 1.25 bits per heavy atom. The summed E-state index contributed by atoms with van der Waals surface area (Å²) in [5.41, 5.74) is 1.14. The predicted octanol–water partition coefficient (Wildman–Crippen LogP) is 1.98. The summed E-state index contributed by atoms with van der Waals surface area (Å²) >= 11 is 0. The lowest BCUT2D eigenvalue weighted by Crippen LogP contribution is -2.42. The molecule has 0 heterocycles. The molecule has 134 valence electrons. The van der Waals surface area contributed by atoms with Crippen LogP contribution < -0.4 is 4.74 Å². The normalized spacial score (nSPS) is 21.0. The summed E-state index contributed by atoms with van der Waals surface area (Å²) in [5, 5.41) is -0.700. The molecule has 1 fully saturated rings. The van der Waals surface area contributed by atoms with Gasteiger partial charge < -0.3 is 9.47 Å². The fourth-order valence-corrected chi connectivity index (χ4v) is 4.91. The Morgan fingerprint density at radius 2 is 1.92 bits per heavy atom. The van der Waals surface area contributed by atoms with E-state index in [1.54, 1.807) is 0 Å². The van der Waals surface area contributed by atoms with E-state index < -0.39 is 27.2 Å². The minimum atomic E-state index is -3.55. The number of likely N-dealkylation sites (N-methyl/N-ethyl adjacent to an activating group) is 1. The van der Waals surface area contributed by atoms with Crippen molar-refractivity contribution in [1.29, 1.82) is 0 Å². The first-order valence-electron chi connectivity index (χ1n) is 8.08. The highest BCUT2D eigenvalue weighted by atomic mass is 32.2. The number of benzene rings is 1. The average molecular weight is 355 g/mol. The molecule has 2 atom stereocenters. The first kappa shape index (κ1) is 18.7. The standard InChI is InChI=1S/C17H25NO5S/c1-13-7-9-14(10-8-13)23-12-11-18(2)24(20,21)16-6-4-5-15(16)17(19)22-3/h7-10,15-16H,4-6,11-12H2,1-3H3/t15-,16-/m0/s1. The molecule has 1 aromatic rings. The molecule has 0 saturated heterocycles. The van der Waals surface area contributed by atoms with Crippen LogP contribution in [0.5, 0.6) is 5.75 Å². The molecule has 1 aromatic carbocycles. The Hall–Kier alpha value is -1.60. The number of rotatable bonds is 7. The molecule has 0 spiro atoms. The second-order valence-corrected chi connectivity index (χ2v) is 8.39. The van der Waals surface area contributed by atoms with E-state index in [9.17, 15) is 13.2 Å². The number of carbonyl (C=O) groups excluding carboxylic acids is 1. The van der Waals surface area contributed by atoms with Crippen molar-refractivity contribution in [2.24, 2.45) is 5.92 Å². The van der Waals surface area contributed by atoms with Gasteiger partial charge in [0.25, 0.3) is 0 Å². The second-order valence-electron chi connectivity index (χ2n) is 6.13. The van der Waals surface area contributed by atoms with E-state index >= 15 is 0 Å². The van der Waals surface area contributed by atoms with Gasteiger partial charge in [-0.05, 0) is 31.9 Å². The quantitative estimate of drug-likeness (QED) is 0.699. The van der Waals surface area contributed by atoms with Crippen molar-refractivity contribution >= 4 is 16.0 Å². The van der Waals surface area contributed by atoms with Crippen molar-refractivity contribution in [1.82, 2.24) is 4.31 Å². The number of carbonyl (C=O) groups is 1. The van der Waals surface area contributed by atoms with Crippen LogP contribution in [0.1, 0.15) is 24.8 Å². The monoisotopic (exact) mass is 355 g/mol. The maximum atomic E-state index is 12.7. The highest BCUT2D eigenvalue weighted by Gasteiger charge is 2.43. The molecule has 0 radical (unpaired) electrons. The van der Waals surface area contributed by atoms with Crippen LogP contribution in [-0.4, -0.2) is 51.3 Å². The Labute approximate surface area is 143 Å². The molecule has 0 aliphatic heterocycles. The van der Waals surface area contributed by atoms with Crippen LogP contribution in [-0.2, 0) is 19.6 Å². The summed E-state index contributed by atoms with van der Waals surface area (Å²) in [6.07, 6.45) is 1.77. The predicted molar refractivity (Wildman–Crippen MR) is 91.4 cm³/mol. The Balaban J connectivity index is 1.93. The zero-order valence-corrected chi connectivity index (χ0v) is 15.2. The van der Waals surface area contributed by atoms with Crippen molar-refractivity contribution in [3.05, 3.63) is 29.8 Å². The lowest BCUT2D eigenvalue weighted by molar-refractivity contribution is -0.145. The van der Waals surface area contributed by atoms with Crippen molar-refractivity contribution in [2.75, 3.05) is 27.3 Å². The van der Waals surface area contributed by atoms with Gasteiger partial charge in [0, 0.05) is 13.6 Å². The van der Waals surface area contributed by atoms with Gasteiger partial charge in [0.1, 0.15) is 12.4 Å². The Bertz CT molecular complexity index is 656. The number of hydrogen-bond donors (Lipinski definition) is 0. The zero-order valence-electron chi connectivity index (χ0n) is 14.4. The smallest absolute Gasteiger partial charge is 0.310 e. The number of sulfonamides is 1. The first-order chi connectivity index (χ1) is 11.4.